The van der Waals surface area contributed by atoms with Crippen LogP contribution in [0.1, 0.15) is 44.7 Å². The van der Waals surface area contributed by atoms with Gasteiger partial charge in [-0.05, 0) is 69.4 Å². The number of nitrogens with zero attached hydrogens (tertiary/aromatic N) is 2. The molecule has 146 valence electrons. The smallest absolute Gasteiger partial charge is 0.191 e. The van der Waals surface area contributed by atoms with E-state index in [0.717, 1.165) is 37.0 Å². The van der Waals surface area contributed by atoms with Gasteiger partial charge in [-0.3, -0.25) is 4.99 Å². The van der Waals surface area contributed by atoms with Crippen LogP contribution in [-0.4, -0.2) is 51.2 Å². The fourth-order valence-corrected chi connectivity index (χ4v) is 3.42. The van der Waals surface area contributed by atoms with Crippen molar-refractivity contribution in [2.24, 2.45) is 10.9 Å². The molecule has 0 amide bonds. The third-order valence-corrected chi connectivity index (χ3v) is 5.25. The highest BCUT2D eigenvalue weighted by atomic mass is 19.1. The average molecular weight is 365 g/mol. The zero-order valence-electron chi connectivity index (χ0n) is 16.5. The summed E-state index contributed by atoms with van der Waals surface area (Å²) in [5.74, 6) is 1.45. The Morgan fingerprint density at radius 2 is 2.12 bits per heavy atom. The summed E-state index contributed by atoms with van der Waals surface area (Å²) in [5, 5.41) is 6.71. The molecule has 1 aliphatic rings. The Labute approximate surface area is 157 Å². The molecule has 2 rings (SSSR count). The van der Waals surface area contributed by atoms with Crippen molar-refractivity contribution in [3.63, 3.8) is 0 Å². The molecule has 0 saturated carbocycles. The number of guanidine groups is 1. The van der Waals surface area contributed by atoms with Crippen LogP contribution in [0, 0.1) is 11.7 Å². The zero-order valence-corrected chi connectivity index (χ0v) is 16.5. The van der Waals surface area contributed by atoms with Crippen LogP contribution in [0.2, 0.25) is 0 Å². The molecule has 0 radical (unpaired) electrons. The van der Waals surface area contributed by atoms with E-state index in [-0.39, 0.29) is 17.6 Å². The first-order chi connectivity index (χ1) is 12.6. The van der Waals surface area contributed by atoms with E-state index < -0.39 is 0 Å². The number of likely N-dealkylation sites (tertiary alicyclic amines) is 1. The number of hydrogen-bond donors (Lipinski definition) is 2. The lowest BCUT2D eigenvalue weighted by atomic mass is 9.93. The van der Waals surface area contributed by atoms with Crippen LogP contribution in [0.5, 0.6) is 5.75 Å². The van der Waals surface area contributed by atoms with Gasteiger partial charge in [0.15, 0.2) is 17.5 Å². The maximum atomic E-state index is 13.9. The number of benzene rings is 1. The molecule has 1 fully saturated rings. The predicted octanol–water partition coefficient (Wildman–Crippen LogP) is 3.18. The Morgan fingerprint density at radius 1 is 1.38 bits per heavy atom. The highest BCUT2D eigenvalue weighted by molar-refractivity contribution is 5.80. The summed E-state index contributed by atoms with van der Waals surface area (Å²) in [6, 6.07) is 4.98. The van der Waals surface area contributed by atoms with Gasteiger partial charge in [-0.2, -0.15) is 0 Å². The van der Waals surface area contributed by atoms with Crippen molar-refractivity contribution >= 4 is 5.96 Å². The molecule has 0 aromatic heterocycles. The van der Waals surface area contributed by atoms with Crippen molar-refractivity contribution in [1.82, 2.24) is 15.5 Å². The van der Waals surface area contributed by atoms with Crippen LogP contribution in [0.3, 0.4) is 0 Å². The Bertz CT molecular complexity index is 585. The SMILES string of the molecule is CCN1CCC(CCNC(=NC)NC(C)c2ccc(OC)c(F)c2)CC1. The number of ether oxygens (including phenoxy) is 1. The fraction of sp³-hybridized carbons (Fsp3) is 0.650. The van der Waals surface area contributed by atoms with Gasteiger partial charge in [0.25, 0.3) is 0 Å². The van der Waals surface area contributed by atoms with Crippen molar-refractivity contribution in [2.45, 2.75) is 39.2 Å². The van der Waals surface area contributed by atoms with Crippen molar-refractivity contribution in [2.75, 3.05) is 40.3 Å². The van der Waals surface area contributed by atoms with E-state index in [2.05, 4.69) is 27.4 Å². The van der Waals surface area contributed by atoms with Gasteiger partial charge in [-0.1, -0.05) is 13.0 Å². The lowest BCUT2D eigenvalue weighted by Crippen LogP contribution is -2.40. The molecule has 0 bridgehead atoms. The summed E-state index contributed by atoms with van der Waals surface area (Å²) in [4.78, 5) is 6.80. The molecule has 5 nitrogen and oxygen atoms in total. The van der Waals surface area contributed by atoms with Crippen LogP contribution in [0.4, 0.5) is 4.39 Å². The third-order valence-electron chi connectivity index (χ3n) is 5.25. The second-order valence-electron chi connectivity index (χ2n) is 6.93. The second-order valence-corrected chi connectivity index (χ2v) is 6.93. The maximum Gasteiger partial charge on any atom is 0.191 e. The van der Waals surface area contributed by atoms with E-state index in [9.17, 15) is 4.39 Å². The molecular formula is C20H33FN4O. The predicted molar refractivity (Wildman–Crippen MR) is 105 cm³/mol. The first-order valence-electron chi connectivity index (χ1n) is 9.60. The molecule has 0 aliphatic carbocycles. The molecule has 1 atom stereocenters. The van der Waals surface area contributed by atoms with Crippen molar-refractivity contribution in [1.29, 1.82) is 0 Å². The first-order valence-corrected chi connectivity index (χ1v) is 9.60. The second kappa shape index (κ2) is 10.4. The number of hydrogen-bond acceptors (Lipinski definition) is 3. The van der Waals surface area contributed by atoms with Gasteiger partial charge in [0.2, 0.25) is 0 Å². The Morgan fingerprint density at radius 3 is 2.69 bits per heavy atom. The minimum absolute atomic E-state index is 0.0469. The molecule has 1 saturated heterocycles. The van der Waals surface area contributed by atoms with E-state index in [4.69, 9.17) is 4.74 Å². The van der Waals surface area contributed by atoms with Gasteiger partial charge in [0.05, 0.1) is 13.2 Å². The molecule has 1 heterocycles. The zero-order chi connectivity index (χ0) is 18.9. The van der Waals surface area contributed by atoms with Crippen LogP contribution >= 0.6 is 0 Å². The number of halogens is 1. The van der Waals surface area contributed by atoms with Crippen LogP contribution in [-0.2, 0) is 0 Å². The third kappa shape index (κ3) is 5.87. The number of methoxy groups -OCH3 is 1. The minimum atomic E-state index is -0.347. The summed E-state index contributed by atoms with van der Waals surface area (Å²) in [7, 11) is 3.23. The van der Waals surface area contributed by atoms with E-state index in [1.165, 1.54) is 39.1 Å². The first kappa shape index (κ1) is 20.5. The number of aliphatic imine (C=N–C) groups is 1. The van der Waals surface area contributed by atoms with Crippen molar-refractivity contribution in [3.8, 4) is 5.75 Å². The van der Waals surface area contributed by atoms with E-state index in [0.29, 0.717) is 0 Å². The molecule has 0 spiro atoms. The monoisotopic (exact) mass is 364 g/mol. The quantitative estimate of drug-likeness (QED) is 0.576. The molecule has 6 heteroatoms. The Balaban J connectivity index is 1.77. The van der Waals surface area contributed by atoms with Crippen LogP contribution in [0.25, 0.3) is 0 Å². The van der Waals surface area contributed by atoms with E-state index in [1.54, 1.807) is 13.1 Å². The maximum absolute atomic E-state index is 13.9. The lowest BCUT2D eigenvalue weighted by molar-refractivity contribution is 0.187. The normalized spacial score (nSPS) is 17.8. The number of rotatable bonds is 7. The highest BCUT2D eigenvalue weighted by Gasteiger charge is 2.18. The largest absolute Gasteiger partial charge is 0.494 e. The van der Waals surface area contributed by atoms with Gasteiger partial charge in [-0.15, -0.1) is 0 Å². The highest BCUT2D eigenvalue weighted by Crippen LogP contribution is 2.22. The van der Waals surface area contributed by atoms with Crippen molar-refractivity contribution in [3.05, 3.63) is 29.6 Å². The summed E-state index contributed by atoms with van der Waals surface area (Å²) >= 11 is 0. The summed E-state index contributed by atoms with van der Waals surface area (Å²) < 4.78 is 18.9. The molecule has 1 aliphatic heterocycles. The number of piperidine rings is 1. The van der Waals surface area contributed by atoms with Gasteiger partial charge in [-0.25, -0.2) is 4.39 Å². The Kier molecular flexibility index (Phi) is 8.16. The van der Waals surface area contributed by atoms with Gasteiger partial charge >= 0.3 is 0 Å². The molecule has 2 N–H and O–H groups in total. The molecule has 26 heavy (non-hydrogen) atoms. The summed E-state index contributed by atoms with van der Waals surface area (Å²) in [6.07, 6.45) is 3.72. The van der Waals surface area contributed by atoms with Crippen LogP contribution < -0.4 is 15.4 Å². The Hall–Kier alpha value is -1.82. The van der Waals surface area contributed by atoms with E-state index in [1.807, 2.05) is 13.0 Å². The van der Waals surface area contributed by atoms with Crippen molar-refractivity contribution < 1.29 is 9.13 Å². The average Bonchev–Trinajstić information content (AvgIpc) is 2.67. The molecule has 1 aromatic carbocycles. The van der Waals surface area contributed by atoms with Crippen LogP contribution in [0.15, 0.2) is 23.2 Å². The topological polar surface area (TPSA) is 48.9 Å². The van der Waals surface area contributed by atoms with E-state index >= 15 is 0 Å². The van der Waals surface area contributed by atoms with Gasteiger partial charge in [0.1, 0.15) is 0 Å². The number of nitrogens with one attached hydrogen (secondary N) is 2. The minimum Gasteiger partial charge on any atom is -0.494 e. The van der Waals surface area contributed by atoms with Gasteiger partial charge < -0.3 is 20.3 Å². The standard InChI is InChI=1S/C20H33FN4O/c1-5-25-12-9-16(10-13-25)8-11-23-20(22-3)24-15(2)17-6-7-19(26-4)18(21)14-17/h6-7,14-16H,5,8-13H2,1-4H3,(H2,22,23,24). The molecular weight excluding hydrogens is 331 g/mol. The fourth-order valence-electron chi connectivity index (χ4n) is 3.42. The molecule has 1 aromatic rings. The summed E-state index contributed by atoms with van der Waals surface area (Å²) in [6.45, 7) is 8.72. The molecule has 1 unspecified atom stereocenters. The lowest BCUT2D eigenvalue weighted by Gasteiger charge is -2.31. The van der Waals surface area contributed by atoms with Gasteiger partial charge in [0, 0.05) is 13.6 Å². The summed E-state index contributed by atoms with van der Waals surface area (Å²) in [5.41, 5.74) is 0.859.